The van der Waals surface area contributed by atoms with Crippen LogP contribution in [0.5, 0.6) is 0 Å². The third-order valence-corrected chi connectivity index (χ3v) is 6.14. The molecule has 3 heterocycles. The van der Waals surface area contributed by atoms with Crippen LogP contribution in [0.25, 0.3) is 10.8 Å². The zero-order valence-electron chi connectivity index (χ0n) is 14.8. The van der Waals surface area contributed by atoms with Crippen LogP contribution in [0.4, 0.5) is 0 Å². The van der Waals surface area contributed by atoms with E-state index in [2.05, 4.69) is 10.3 Å². The highest BCUT2D eigenvalue weighted by molar-refractivity contribution is 7.14. The fourth-order valence-corrected chi connectivity index (χ4v) is 4.73. The van der Waals surface area contributed by atoms with Crippen molar-refractivity contribution in [2.45, 2.75) is 18.9 Å². The second-order valence-electron chi connectivity index (χ2n) is 6.51. The molecule has 1 fully saturated rings. The summed E-state index contributed by atoms with van der Waals surface area (Å²) in [7, 11) is 1.61. The number of nitrogens with zero attached hydrogens (tertiary/aromatic N) is 1. The van der Waals surface area contributed by atoms with Crippen LogP contribution in [0.1, 0.15) is 43.8 Å². The van der Waals surface area contributed by atoms with E-state index in [9.17, 15) is 14.4 Å². The summed E-state index contributed by atoms with van der Waals surface area (Å²) >= 11 is 1.42. The number of rotatable bonds is 3. The number of likely N-dealkylation sites (tertiary alicyclic amines) is 1. The van der Waals surface area contributed by atoms with E-state index in [1.54, 1.807) is 31.3 Å². The third-order valence-electron chi connectivity index (χ3n) is 4.96. The van der Waals surface area contributed by atoms with Crippen molar-refractivity contribution < 1.29 is 9.59 Å². The first kappa shape index (κ1) is 17.5. The molecule has 1 aromatic carbocycles. The molecule has 1 atom stereocenters. The minimum Gasteiger partial charge on any atom is -0.354 e. The van der Waals surface area contributed by atoms with Gasteiger partial charge >= 0.3 is 0 Å². The van der Waals surface area contributed by atoms with Crippen LogP contribution in [0.3, 0.4) is 0 Å². The van der Waals surface area contributed by atoms with E-state index in [1.165, 1.54) is 17.5 Å². The van der Waals surface area contributed by atoms with Gasteiger partial charge in [-0.2, -0.15) is 0 Å². The molecule has 4 rings (SSSR count). The van der Waals surface area contributed by atoms with Crippen LogP contribution in [0, 0.1) is 0 Å². The Morgan fingerprint density at radius 2 is 1.96 bits per heavy atom. The molecule has 0 spiro atoms. The van der Waals surface area contributed by atoms with Gasteiger partial charge in [0.05, 0.1) is 16.5 Å². The summed E-state index contributed by atoms with van der Waals surface area (Å²) in [6, 6.07) is 10.8. The lowest BCUT2D eigenvalue weighted by atomic mass is 10.1. The normalized spacial score (nSPS) is 16.6. The van der Waals surface area contributed by atoms with Crippen LogP contribution in [-0.2, 0) is 0 Å². The first-order valence-electron chi connectivity index (χ1n) is 8.83. The lowest BCUT2D eigenvalue weighted by Crippen LogP contribution is -2.31. The Balaban J connectivity index is 1.70. The number of pyridine rings is 1. The number of H-pyrrole nitrogens is 1. The highest BCUT2D eigenvalue weighted by atomic mass is 32.1. The number of carbonyl (C=O) groups excluding carboxylic acids is 2. The SMILES string of the molecule is CNC(=O)c1ccc([C@@H]2CCCN2C(=O)c2c[nH]c(=O)c3ccccc23)s1. The summed E-state index contributed by atoms with van der Waals surface area (Å²) in [6.45, 7) is 0.657. The van der Waals surface area contributed by atoms with Crippen LogP contribution >= 0.6 is 11.3 Å². The Morgan fingerprint density at radius 1 is 1.19 bits per heavy atom. The molecule has 138 valence electrons. The van der Waals surface area contributed by atoms with Crippen LogP contribution in [0.2, 0.25) is 0 Å². The Bertz CT molecular complexity index is 1090. The van der Waals surface area contributed by atoms with Gasteiger partial charge in [0.25, 0.3) is 17.4 Å². The third kappa shape index (κ3) is 3.04. The van der Waals surface area contributed by atoms with Gasteiger partial charge in [0, 0.05) is 35.4 Å². The Morgan fingerprint density at radius 3 is 2.74 bits per heavy atom. The zero-order valence-corrected chi connectivity index (χ0v) is 15.6. The molecule has 27 heavy (non-hydrogen) atoms. The number of hydrogen-bond donors (Lipinski definition) is 2. The van der Waals surface area contributed by atoms with Crippen molar-refractivity contribution in [2.24, 2.45) is 0 Å². The predicted molar refractivity (Wildman–Crippen MR) is 105 cm³/mol. The summed E-state index contributed by atoms with van der Waals surface area (Å²) in [5.41, 5.74) is 0.300. The molecule has 6 nitrogen and oxygen atoms in total. The number of aromatic amines is 1. The first-order valence-corrected chi connectivity index (χ1v) is 9.65. The minimum absolute atomic E-state index is 0.0494. The number of hydrogen-bond acceptors (Lipinski definition) is 4. The second-order valence-corrected chi connectivity index (χ2v) is 7.63. The van der Waals surface area contributed by atoms with E-state index in [0.717, 1.165) is 17.7 Å². The van der Waals surface area contributed by atoms with Crippen molar-refractivity contribution in [3.8, 4) is 0 Å². The Labute approximate surface area is 159 Å². The quantitative estimate of drug-likeness (QED) is 0.732. The van der Waals surface area contributed by atoms with Crippen LogP contribution in [0.15, 0.2) is 47.4 Å². The van der Waals surface area contributed by atoms with Gasteiger partial charge in [0.15, 0.2) is 0 Å². The van der Waals surface area contributed by atoms with Crippen molar-refractivity contribution in [1.29, 1.82) is 0 Å². The van der Waals surface area contributed by atoms with Crippen molar-refractivity contribution in [1.82, 2.24) is 15.2 Å². The Hall–Kier alpha value is -2.93. The van der Waals surface area contributed by atoms with Gasteiger partial charge in [0.1, 0.15) is 0 Å². The average Bonchev–Trinajstić information content (AvgIpc) is 3.36. The number of benzene rings is 1. The molecule has 1 aliphatic heterocycles. The second kappa shape index (κ2) is 7.00. The molecule has 1 saturated heterocycles. The maximum absolute atomic E-state index is 13.3. The predicted octanol–water partition coefficient (Wildman–Crippen LogP) is 2.93. The smallest absolute Gasteiger partial charge is 0.261 e. The van der Waals surface area contributed by atoms with Crippen molar-refractivity contribution in [3.05, 3.63) is 68.3 Å². The summed E-state index contributed by atoms with van der Waals surface area (Å²) in [6.07, 6.45) is 3.28. The number of carbonyl (C=O) groups is 2. The van der Waals surface area contributed by atoms with Crippen molar-refractivity contribution in [3.63, 3.8) is 0 Å². The number of fused-ring (bicyclic) bond motifs is 1. The van der Waals surface area contributed by atoms with E-state index in [1.807, 2.05) is 17.0 Å². The van der Waals surface area contributed by atoms with E-state index in [4.69, 9.17) is 0 Å². The van der Waals surface area contributed by atoms with E-state index < -0.39 is 0 Å². The maximum atomic E-state index is 13.3. The van der Waals surface area contributed by atoms with Gasteiger partial charge in [-0.3, -0.25) is 14.4 Å². The molecule has 2 amide bonds. The highest BCUT2D eigenvalue weighted by Gasteiger charge is 2.32. The molecular formula is C20H19N3O3S. The first-order chi connectivity index (χ1) is 13.1. The summed E-state index contributed by atoms with van der Waals surface area (Å²) in [4.78, 5) is 43.3. The van der Waals surface area contributed by atoms with E-state index in [-0.39, 0.29) is 23.4 Å². The maximum Gasteiger partial charge on any atom is 0.261 e. The van der Waals surface area contributed by atoms with E-state index in [0.29, 0.717) is 27.8 Å². The van der Waals surface area contributed by atoms with Crippen molar-refractivity contribution >= 4 is 33.9 Å². The molecule has 0 bridgehead atoms. The molecule has 3 aromatic rings. The number of aromatic nitrogens is 1. The lowest BCUT2D eigenvalue weighted by Gasteiger charge is -2.24. The molecule has 1 aliphatic rings. The van der Waals surface area contributed by atoms with Crippen LogP contribution in [-0.4, -0.2) is 35.3 Å². The number of thiophene rings is 1. The van der Waals surface area contributed by atoms with Gasteiger partial charge in [0.2, 0.25) is 0 Å². The summed E-state index contributed by atoms with van der Waals surface area (Å²) in [5, 5.41) is 3.80. The molecular weight excluding hydrogens is 362 g/mol. The fourth-order valence-electron chi connectivity index (χ4n) is 3.62. The van der Waals surface area contributed by atoms with Gasteiger partial charge < -0.3 is 15.2 Å². The molecule has 0 saturated carbocycles. The highest BCUT2D eigenvalue weighted by Crippen LogP contribution is 2.37. The largest absolute Gasteiger partial charge is 0.354 e. The molecule has 0 unspecified atom stereocenters. The minimum atomic E-state index is -0.200. The Kier molecular flexibility index (Phi) is 4.53. The summed E-state index contributed by atoms with van der Waals surface area (Å²) in [5.74, 6) is -0.214. The number of amides is 2. The topological polar surface area (TPSA) is 82.3 Å². The molecule has 2 aromatic heterocycles. The molecule has 2 N–H and O–H groups in total. The summed E-state index contributed by atoms with van der Waals surface area (Å²) < 4.78 is 0. The van der Waals surface area contributed by atoms with E-state index >= 15 is 0 Å². The molecule has 0 aliphatic carbocycles. The monoisotopic (exact) mass is 381 g/mol. The lowest BCUT2D eigenvalue weighted by molar-refractivity contribution is 0.0739. The van der Waals surface area contributed by atoms with Crippen molar-refractivity contribution in [2.75, 3.05) is 13.6 Å². The number of nitrogens with one attached hydrogen (secondary N) is 2. The van der Waals surface area contributed by atoms with Gasteiger partial charge in [-0.15, -0.1) is 11.3 Å². The van der Waals surface area contributed by atoms with Gasteiger partial charge in [-0.25, -0.2) is 0 Å². The molecule has 7 heteroatoms. The zero-order chi connectivity index (χ0) is 19.0. The van der Waals surface area contributed by atoms with Crippen LogP contribution < -0.4 is 10.9 Å². The van der Waals surface area contributed by atoms with Gasteiger partial charge in [-0.05, 0) is 31.0 Å². The molecule has 0 radical (unpaired) electrons. The average molecular weight is 381 g/mol. The standard InChI is InChI=1S/C20H19N3O3S/c1-21-19(25)17-9-8-16(27-17)15-7-4-10-23(15)20(26)14-11-22-18(24)13-6-3-2-5-12(13)14/h2-3,5-6,8-9,11,15H,4,7,10H2,1H3,(H,21,25)(H,22,24)/t15-/m0/s1. The van der Waals surface area contributed by atoms with Gasteiger partial charge in [-0.1, -0.05) is 18.2 Å². The fraction of sp³-hybridized carbons (Fsp3) is 0.250.